The van der Waals surface area contributed by atoms with E-state index in [-0.39, 0.29) is 18.3 Å². The molecule has 0 bridgehead atoms. The summed E-state index contributed by atoms with van der Waals surface area (Å²) in [4.78, 5) is 25.5. The number of ether oxygens (including phenoxy) is 2. The Kier molecular flexibility index (Phi) is 5.80. The maximum absolute atomic E-state index is 13.3. The molecule has 27 heavy (non-hydrogen) atoms. The van der Waals surface area contributed by atoms with Crippen molar-refractivity contribution in [3.05, 3.63) is 82.0 Å². The van der Waals surface area contributed by atoms with Crippen LogP contribution in [0.2, 0.25) is 0 Å². The Bertz CT molecular complexity index is 875. The minimum Gasteiger partial charge on any atom is -0.460 e. The van der Waals surface area contributed by atoms with Gasteiger partial charge < -0.3 is 9.47 Å². The minimum absolute atomic E-state index is 0.0492. The van der Waals surface area contributed by atoms with Gasteiger partial charge in [0.15, 0.2) is 0 Å². The number of carbonyl (C=O) groups excluding carboxylic acids is 2. The zero-order chi connectivity index (χ0) is 19.4. The first-order chi connectivity index (χ1) is 13.0. The van der Waals surface area contributed by atoms with Gasteiger partial charge in [0.2, 0.25) is 5.76 Å². The first kappa shape index (κ1) is 19.4. The molecule has 3 rings (SSSR count). The molecule has 0 radical (unpaired) electrons. The summed E-state index contributed by atoms with van der Waals surface area (Å²) in [6, 6.07) is 17.4. The summed E-state index contributed by atoms with van der Waals surface area (Å²) in [5.74, 6) is -1.47. The first-order valence-electron chi connectivity index (χ1n) is 8.95. The van der Waals surface area contributed by atoms with E-state index in [9.17, 15) is 9.59 Å². The van der Waals surface area contributed by atoms with Gasteiger partial charge in [-0.3, -0.25) is 4.79 Å². The molecule has 0 saturated carbocycles. The van der Waals surface area contributed by atoms with Gasteiger partial charge in [-0.1, -0.05) is 65.3 Å². The maximum atomic E-state index is 13.3. The molecule has 0 aromatic heterocycles. The van der Waals surface area contributed by atoms with E-state index >= 15 is 0 Å². The van der Waals surface area contributed by atoms with Crippen molar-refractivity contribution in [2.75, 3.05) is 6.61 Å². The Morgan fingerprint density at radius 1 is 1.15 bits per heavy atom. The predicted octanol–water partition coefficient (Wildman–Crippen LogP) is 4.88. The van der Waals surface area contributed by atoms with Gasteiger partial charge in [0, 0.05) is 10.4 Å². The largest absolute Gasteiger partial charge is 0.460 e. The molecule has 1 aliphatic heterocycles. The van der Waals surface area contributed by atoms with E-state index in [1.54, 1.807) is 13.0 Å². The molecule has 1 aliphatic rings. The second-order valence-corrected chi connectivity index (χ2v) is 7.28. The molecule has 0 aliphatic carbocycles. The summed E-state index contributed by atoms with van der Waals surface area (Å²) in [7, 11) is 0. The zero-order valence-electron chi connectivity index (χ0n) is 15.3. The van der Waals surface area contributed by atoms with Crippen LogP contribution < -0.4 is 0 Å². The van der Waals surface area contributed by atoms with Crippen molar-refractivity contribution in [1.29, 1.82) is 0 Å². The van der Waals surface area contributed by atoms with Crippen LogP contribution >= 0.6 is 15.9 Å². The smallest absolute Gasteiger partial charge is 0.374 e. The van der Waals surface area contributed by atoms with Gasteiger partial charge in [0.05, 0.1) is 6.61 Å². The van der Waals surface area contributed by atoms with Crippen molar-refractivity contribution >= 4 is 27.9 Å². The van der Waals surface area contributed by atoms with Gasteiger partial charge in [-0.15, -0.1) is 0 Å². The summed E-state index contributed by atoms with van der Waals surface area (Å²) >= 11 is 3.50. The van der Waals surface area contributed by atoms with Crippen LogP contribution in [0.5, 0.6) is 0 Å². The Labute approximate surface area is 167 Å². The Hall–Kier alpha value is -2.40. The summed E-state index contributed by atoms with van der Waals surface area (Å²) in [5, 5.41) is 0. The lowest BCUT2D eigenvalue weighted by Crippen LogP contribution is -2.45. The molecular weight excluding hydrogens is 408 g/mol. The van der Waals surface area contributed by atoms with Crippen LogP contribution in [-0.2, 0) is 24.5 Å². The predicted molar refractivity (Wildman–Crippen MR) is 106 cm³/mol. The minimum atomic E-state index is -0.919. The molecule has 2 atom stereocenters. The van der Waals surface area contributed by atoms with Crippen LogP contribution in [0.25, 0.3) is 0 Å². The number of esters is 2. The number of halogens is 1. The summed E-state index contributed by atoms with van der Waals surface area (Å²) < 4.78 is 11.4. The van der Waals surface area contributed by atoms with E-state index in [1.807, 2.05) is 61.5 Å². The van der Waals surface area contributed by atoms with E-state index in [2.05, 4.69) is 15.9 Å². The summed E-state index contributed by atoms with van der Waals surface area (Å²) in [5.41, 5.74) is 0.869. The second-order valence-electron chi connectivity index (χ2n) is 6.36. The number of benzene rings is 2. The van der Waals surface area contributed by atoms with E-state index in [4.69, 9.17) is 9.47 Å². The fraction of sp³-hybridized carbons (Fsp3) is 0.273. The van der Waals surface area contributed by atoms with Crippen molar-refractivity contribution in [1.82, 2.24) is 0 Å². The lowest BCUT2D eigenvalue weighted by molar-refractivity contribution is -0.157. The molecular formula is C22H21BrO4. The molecule has 1 heterocycles. The topological polar surface area (TPSA) is 52.6 Å². The average molecular weight is 429 g/mol. The maximum Gasteiger partial charge on any atom is 0.374 e. The van der Waals surface area contributed by atoms with E-state index in [0.29, 0.717) is 6.42 Å². The molecule has 0 unspecified atom stereocenters. The second kappa shape index (κ2) is 8.09. The highest BCUT2D eigenvalue weighted by molar-refractivity contribution is 9.10. The van der Waals surface area contributed by atoms with Gasteiger partial charge in [0.25, 0.3) is 0 Å². The average Bonchev–Trinajstić information content (AvgIpc) is 2.68. The number of carbonyl (C=O) groups is 2. The van der Waals surface area contributed by atoms with Crippen LogP contribution in [0, 0.1) is 0 Å². The van der Waals surface area contributed by atoms with Gasteiger partial charge >= 0.3 is 11.9 Å². The zero-order valence-corrected chi connectivity index (χ0v) is 16.9. The number of hydrogen-bond donors (Lipinski definition) is 0. The van der Waals surface area contributed by atoms with E-state index < -0.39 is 17.4 Å². The summed E-state index contributed by atoms with van der Waals surface area (Å²) in [6.45, 7) is 3.89. The van der Waals surface area contributed by atoms with E-state index in [0.717, 1.165) is 15.6 Å². The fourth-order valence-electron chi connectivity index (χ4n) is 3.64. The quantitative estimate of drug-likeness (QED) is 0.636. The monoisotopic (exact) mass is 428 g/mol. The number of hydrogen-bond acceptors (Lipinski definition) is 4. The van der Waals surface area contributed by atoms with E-state index in [1.165, 1.54) is 0 Å². The van der Waals surface area contributed by atoms with Gasteiger partial charge in [-0.25, -0.2) is 4.79 Å². The molecule has 2 aromatic carbocycles. The Morgan fingerprint density at radius 2 is 1.89 bits per heavy atom. The molecule has 0 saturated heterocycles. The number of cyclic esters (lactones) is 1. The van der Waals surface area contributed by atoms with Gasteiger partial charge in [0.1, 0.15) is 5.41 Å². The molecule has 5 heteroatoms. The lowest BCUT2D eigenvalue weighted by Gasteiger charge is -2.40. The third kappa shape index (κ3) is 3.56. The molecule has 0 N–H and O–H groups in total. The first-order valence-corrected chi connectivity index (χ1v) is 9.74. The highest BCUT2D eigenvalue weighted by Crippen LogP contribution is 2.47. The normalized spacial score (nSPS) is 22.0. The highest BCUT2D eigenvalue weighted by Gasteiger charge is 2.51. The third-order valence-corrected chi connectivity index (χ3v) is 5.44. The standard InChI is InChI=1S/C22H21BrO4/c1-3-22(16-10-6-5-7-11-16)18(15-9-8-12-17(23)13-15)14-19(27-21(22)25)20(24)26-4-2/h5-14,18H,3-4H2,1-2H3/t18-,22+/m1/s1. The van der Waals surface area contributed by atoms with Crippen molar-refractivity contribution in [2.24, 2.45) is 0 Å². The van der Waals surface area contributed by atoms with Crippen LogP contribution in [0.4, 0.5) is 0 Å². The molecule has 140 valence electrons. The van der Waals surface area contributed by atoms with Crippen LogP contribution in [-0.4, -0.2) is 18.5 Å². The molecule has 2 aromatic rings. The SMILES string of the molecule is CCOC(=O)C1=C[C@H](c2cccc(Br)c2)[C@](CC)(c2ccccc2)C(=O)O1. The van der Waals surface area contributed by atoms with Crippen molar-refractivity contribution in [3.8, 4) is 0 Å². The highest BCUT2D eigenvalue weighted by atomic mass is 79.9. The molecule has 0 spiro atoms. The van der Waals surface area contributed by atoms with Crippen molar-refractivity contribution in [2.45, 2.75) is 31.6 Å². The van der Waals surface area contributed by atoms with Gasteiger partial charge in [-0.05, 0) is 42.7 Å². The van der Waals surface area contributed by atoms with Crippen LogP contribution in [0.15, 0.2) is 70.9 Å². The fourth-order valence-corrected chi connectivity index (χ4v) is 4.06. The Balaban J connectivity index is 2.21. The van der Waals surface area contributed by atoms with Crippen molar-refractivity contribution in [3.63, 3.8) is 0 Å². The van der Waals surface area contributed by atoms with Crippen molar-refractivity contribution < 1.29 is 19.1 Å². The Morgan fingerprint density at radius 3 is 2.52 bits per heavy atom. The number of allylic oxidation sites excluding steroid dienone is 1. The molecule has 0 fully saturated rings. The van der Waals surface area contributed by atoms with Crippen LogP contribution in [0.3, 0.4) is 0 Å². The summed E-state index contributed by atoms with van der Waals surface area (Å²) in [6.07, 6.45) is 2.25. The molecule has 4 nitrogen and oxygen atoms in total. The molecule has 0 amide bonds. The van der Waals surface area contributed by atoms with Crippen LogP contribution in [0.1, 0.15) is 37.3 Å². The number of rotatable bonds is 5. The van der Waals surface area contributed by atoms with Gasteiger partial charge in [-0.2, -0.15) is 0 Å². The lowest BCUT2D eigenvalue weighted by atomic mass is 9.64. The third-order valence-electron chi connectivity index (χ3n) is 4.95.